The Balaban J connectivity index is 1.44. The van der Waals surface area contributed by atoms with E-state index in [2.05, 4.69) is 74.1 Å². The molecule has 1 aromatic heterocycles. The lowest BCUT2D eigenvalue weighted by atomic mass is 10.00. The van der Waals surface area contributed by atoms with Crippen LogP contribution in [0.25, 0.3) is 10.9 Å². The number of aromatic nitrogens is 1. The molecule has 4 aromatic carbocycles. The molecule has 0 bridgehead atoms. The lowest BCUT2D eigenvalue weighted by Gasteiger charge is -2.29. The van der Waals surface area contributed by atoms with Gasteiger partial charge in [0, 0.05) is 54.3 Å². The number of benzene rings is 4. The van der Waals surface area contributed by atoms with Crippen molar-refractivity contribution in [1.82, 2.24) is 74.1 Å². The van der Waals surface area contributed by atoms with Crippen LogP contribution in [0.1, 0.15) is 75.6 Å². The lowest BCUT2D eigenvalue weighted by molar-refractivity contribution is -0.138. The van der Waals surface area contributed by atoms with Gasteiger partial charge in [0.05, 0.1) is 37.8 Å². The lowest BCUT2D eigenvalue weighted by Crippen LogP contribution is -2.63. The van der Waals surface area contributed by atoms with Gasteiger partial charge in [-0.15, -0.1) is 0 Å². The van der Waals surface area contributed by atoms with Gasteiger partial charge in [-0.3, -0.25) is 71.9 Å². The number of unbranched alkanes of at least 4 members (excludes halogenated alkanes) is 1. The zero-order chi connectivity index (χ0) is 81.4. The summed E-state index contributed by atoms with van der Waals surface area (Å²) in [7, 11) is 1.62. The molecule has 111 heavy (non-hydrogen) atoms. The number of amides is 15. The third-order valence-corrected chi connectivity index (χ3v) is 19.9. The van der Waals surface area contributed by atoms with Gasteiger partial charge >= 0.3 is 0 Å². The molecule has 1 fully saturated rings. The minimum Gasteiger partial charge on any atom is -0.394 e. The molecule has 0 aliphatic carbocycles. The van der Waals surface area contributed by atoms with Crippen LogP contribution in [0.2, 0.25) is 0 Å². The standard InChI is InChI=1S/C73H98N18O18S2/c1-38(75)62(98)79-34-58(96)81-56-37-111-110-36-55(61(77)97)89-70(106)54(35-92)88-73(109)60(41(4)94)91-69(105)51(30-44-22-12-7-13-23-44)87-72(108)59(40(3)93)90-64(100)48(26-16-17-27-74)82-67(103)52(31-45-33-78-47-25-15-14-24-46(45)47)86-66(102)50(29-43-20-10-6-11-21-43)84-65(101)49(28-42-18-8-5-9-19-42)85-68(104)53(32-57(76)95)83-63(99)39(2)80-71(56)107/h5-15,18-25,33,38-41,48-56,59-60,78,92-94H,16-17,26-32,34-37,74-75H2,1-4H3,(H2,76,95)(H2,77,97)(H,79,98)(H,80,107)(H,81,96)(H,82,103)(H,83,99)(H,84,101)(H,85,104)(H,86,102)(H,87,108)(H,88,109)(H,89,106)(H,90,100)(H,91,105)/t38-,39-,40+,41+,48-,49-,50-,51-,52-,53-,54-,55-,56-,59+,60-/m0/s1. The van der Waals surface area contributed by atoms with Crippen LogP contribution >= 0.6 is 21.6 Å². The fraction of sp³-hybridized carbons (Fsp3) is 0.438. The molecule has 0 radical (unpaired) electrons. The first-order valence-electron chi connectivity index (χ1n) is 35.7. The van der Waals surface area contributed by atoms with Gasteiger partial charge in [-0.1, -0.05) is 131 Å². The topological polar surface area (TPSA) is 593 Å². The summed E-state index contributed by atoms with van der Waals surface area (Å²) < 4.78 is 0. The Bertz CT molecular complexity index is 4050. The molecule has 36 nitrogen and oxygen atoms in total. The van der Waals surface area contributed by atoms with Crippen molar-refractivity contribution in [2.24, 2.45) is 22.9 Å². The quantitative estimate of drug-likeness (QED) is 0.0227. The third kappa shape index (κ3) is 28.7. The maximum absolute atomic E-state index is 15.3. The zero-order valence-electron chi connectivity index (χ0n) is 61.5. The second-order valence-corrected chi connectivity index (χ2v) is 29.1. The Kier molecular flexibility index (Phi) is 35.7. The number of rotatable bonds is 22. The molecular weight excluding hydrogens is 1480 g/mol. The van der Waals surface area contributed by atoms with Crippen LogP contribution in [0.15, 0.2) is 121 Å². The van der Waals surface area contributed by atoms with Gasteiger partial charge in [-0.05, 0) is 81.8 Å². The van der Waals surface area contributed by atoms with Gasteiger partial charge in [0.15, 0.2) is 0 Å². The summed E-state index contributed by atoms with van der Waals surface area (Å²) >= 11 is 0. The normalized spacial score (nSPS) is 24.2. The molecule has 1 aliphatic rings. The number of carbonyl (C=O) groups is 15. The number of H-pyrrole nitrogens is 1. The van der Waals surface area contributed by atoms with E-state index in [1.807, 2.05) is 0 Å². The van der Waals surface area contributed by atoms with Crippen molar-refractivity contribution >= 4 is 121 Å². The fourth-order valence-corrected chi connectivity index (χ4v) is 13.7. The molecule has 15 amide bonds. The zero-order valence-corrected chi connectivity index (χ0v) is 63.1. The maximum atomic E-state index is 15.3. The molecule has 5 aromatic rings. The number of para-hydroxylation sites is 1. The average molecular weight is 1580 g/mol. The van der Waals surface area contributed by atoms with Gasteiger partial charge < -0.3 is 112 Å². The Morgan fingerprint density at radius 2 is 0.919 bits per heavy atom. The summed E-state index contributed by atoms with van der Waals surface area (Å²) in [5.41, 5.74) is 25.4. The van der Waals surface area contributed by atoms with Crippen molar-refractivity contribution in [3.05, 3.63) is 144 Å². The van der Waals surface area contributed by atoms with Crippen LogP contribution in [0, 0.1) is 0 Å². The number of nitrogens with two attached hydrogens (primary N) is 4. The van der Waals surface area contributed by atoms with Crippen molar-refractivity contribution < 1.29 is 87.2 Å². The van der Waals surface area contributed by atoms with E-state index in [4.69, 9.17) is 22.9 Å². The largest absolute Gasteiger partial charge is 0.394 e. The summed E-state index contributed by atoms with van der Waals surface area (Å²) in [5.74, 6) is -16.8. The molecule has 0 unspecified atom stereocenters. The molecule has 1 aliphatic heterocycles. The van der Waals surface area contributed by atoms with Gasteiger partial charge in [0.25, 0.3) is 0 Å². The molecule has 600 valence electrons. The fourth-order valence-electron chi connectivity index (χ4n) is 11.3. The van der Waals surface area contributed by atoms with E-state index in [1.165, 1.54) is 13.8 Å². The first-order chi connectivity index (χ1) is 52.8. The van der Waals surface area contributed by atoms with E-state index in [0.29, 0.717) is 39.6 Å². The van der Waals surface area contributed by atoms with Crippen LogP contribution in [-0.4, -0.2) is 231 Å². The third-order valence-electron chi connectivity index (χ3n) is 17.5. The number of nitrogens with one attached hydrogen (secondary N) is 14. The number of hydrogen-bond donors (Lipinski definition) is 21. The number of aliphatic hydroxyl groups is 3. The number of fused-ring (bicyclic) bond motifs is 1. The maximum Gasteiger partial charge on any atom is 0.245 e. The van der Waals surface area contributed by atoms with Crippen LogP contribution < -0.4 is 92.1 Å². The van der Waals surface area contributed by atoms with Crippen molar-refractivity contribution in [2.45, 2.75) is 170 Å². The minimum atomic E-state index is -1.96. The highest BCUT2D eigenvalue weighted by Gasteiger charge is 2.39. The Morgan fingerprint density at radius 1 is 0.495 bits per heavy atom. The molecule has 25 N–H and O–H groups in total. The number of aliphatic hydroxyl groups excluding tert-OH is 3. The predicted molar refractivity (Wildman–Crippen MR) is 409 cm³/mol. The molecule has 0 spiro atoms. The Labute approximate surface area is 647 Å². The molecule has 38 heteroatoms. The smallest absolute Gasteiger partial charge is 0.245 e. The molecule has 15 atom stereocenters. The van der Waals surface area contributed by atoms with Crippen molar-refractivity contribution in [3.8, 4) is 0 Å². The van der Waals surface area contributed by atoms with Crippen molar-refractivity contribution in [3.63, 3.8) is 0 Å². The van der Waals surface area contributed by atoms with E-state index in [9.17, 15) is 72.9 Å². The minimum absolute atomic E-state index is 0.137. The first kappa shape index (κ1) is 88.9. The van der Waals surface area contributed by atoms with E-state index >= 15 is 14.4 Å². The average Bonchev–Trinajstić information content (AvgIpc) is 1.81. The van der Waals surface area contributed by atoms with Crippen LogP contribution in [0.4, 0.5) is 0 Å². The number of primary amides is 2. The summed E-state index contributed by atoms with van der Waals surface area (Å²) in [5, 5.41) is 65.5. The van der Waals surface area contributed by atoms with E-state index in [0.717, 1.165) is 35.4 Å². The first-order valence-corrected chi connectivity index (χ1v) is 38.2. The van der Waals surface area contributed by atoms with Gasteiger partial charge in [0.2, 0.25) is 88.6 Å². The van der Waals surface area contributed by atoms with E-state index in [1.54, 1.807) is 121 Å². The highest BCUT2D eigenvalue weighted by molar-refractivity contribution is 8.76. The highest BCUT2D eigenvalue weighted by atomic mass is 33.1. The molecule has 0 saturated carbocycles. The highest BCUT2D eigenvalue weighted by Crippen LogP contribution is 2.24. The Hall–Kier alpha value is -11.0. The summed E-state index contributed by atoms with van der Waals surface area (Å²) in [6, 6.07) is 10.2. The number of carbonyl (C=O) groups excluding carboxylic acids is 15. The molecular formula is C73H98N18O18S2. The molecule has 1 saturated heterocycles. The van der Waals surface area contributed by atoms with E-state index < -0.39 is 210 Å². The Morgan fingerprint density at radius 3 is 1.40 bits per heavy atom. The summed E-state index contributed by atoms with van der Waals surface area (Å²) in [6.07, 6.45) is -3.57. The van der Waals surface area contributed by atoms with Gasteiger partial charge in [-0.2, -0.15) is 0 Å². The number of hydrogen-bond acceptors (Lipinski definition) is 22. The number of aromatic amines is 1. The van der Waals surface area contributed by atoms with Crippen molar-refractivity contribution in [2.75, 3.05) is 31.2 Å². The van der Waals surface area contributed by atoms with Gasteiger partial charge in [0.1, 0.15) is 72.5 Å². The van der Waals surface area contributed by atoms with E-state index in [-0.39, 0.29) is 45.1 Å². The summed E-state index contributed by atoms with van der Waals surface area (Å²) in [6.45, 7) is 3.05. The van der Waals surface area contributed by atoms with Gasteiger partial charge in [-0.25, -0.2) is 0 Å². The second-order valence-electron chi connectivity index (χ2n) is 26.5. The van der Waals surface area contributed by atoms with Crippen LogP contribution in [0.3, 0.4) is 0 Å². The van der Waals surface area contributed by atoms with Crippen LogP contribution in [0.5, 0.6) is 0 Å². The molecule has 2 heterocycles. The van der Waals surface area contributed by atoms with Crippen molar-refractivity contribution in [1.29, 1.82) is 0 Å². The molecule has 6 rings (SSSR count). The van der Waals surface area contributed by atoms with Crippen LogP contribution in [-0.2, 0) is 97.6 Å². The SMILES string of the molecule is C[C@H](N)C(=O)NCC(=O)N[C@H]1CSSC[C@@H](C(N)=O)NC(=O)[C@H](CO)NC(=O)[C@H]([C@@H](C)O)NC(=O)[C@H](Cc2ccccc2)NC(=O)[C@@H]([C@@H](C)O)NC(=O)[C@H](CCCCN)NC(=O)[C@H](Cc2c[nH]c3ccccc23)NC(=O)[C@H](Cc2ccccc2)NC(=O)[C@H](Cc2ccccc2)NC(=O)[C@H](CC(N)=O)NC(=O)[C@H](C)NC1=O. The summed E-state index contributed by atoms with van der Waals surface area (Å²) in [4.78, 5) is 215. The monoisotopic (exact) mass is 1580 g/mol. The predicted octanol–water partition coefficient (Wildman–Crippen LogP) is -5.62. The second kappa shape index (κ2) is 44.6.